The third-order valence-electron chi connectivity index (χ3n) is 6.08. The second kappa shape index (κ2) is 10.5. The molecule has 5 rings (SSSR count). The van der Waals surface area contributed by atoms with Crippen LogP contribution in [0, 0.1) is 0 Å². The van der Waals surface area contributed by atoms with Crippen LogP contribution in [-0.2, 0) is 4.79 Å². The van der Waals surface area contributed by atoms with E-state index in [0.29, 0.717) is 39.9 Å². The van der Waals surface area contributed by atoms with E-state index in [0.717, 1.165) is 37.6 Å². The Labute approximate surface area is 214 Å². The first-order valence-electron chi connectivity index (χ1n) is 11.8. The number of fused-ring (bicyclic) bond motifs is 1. The number of nitrogens with zero attached hydrogens (tertiary/aromatic N) is 7. The highest BCUT2D eigenvalue weighted by Crippen LogP contribution is 2.30. The van der Waals surface area contributed by atoms with E-state index in [9.17, 15) is 4.79 Å². The normalized spacial score (nSPS) is 13.8. The van der Waals surface area contributed by atoms with Crippen LogP contribution in [0.3, 0.4) is 0 Å². The molecule has 0 aromatic carbocycles. The lowest BCUT2D eigenvalue weighted by molar-refractivity contribution is -0.111. The number of ether oxygens (including phenoxy) is 1. The summed E-state index contributed by atoms with van der Waals surface area (Å²) in [6.07, 6.45) is 6.16. The van der Waals surface area contributed by atoms with Gasteiger partial charge >= 0.3 is 0 Å². The second-order valence-electron chi connectivity index (χ2n) is 8.55. The van der Waals surface area contributed by atoms with Crippen LogP contribution in [0.5, 0.6) is 5.88 Å². The molecule has 1 fully saturated rings. The average molecular weight is 498 g/mol. The number of amides is 1. The van der Waals surface area contributed by atoms with E-state index in [2.05, 4.69) is 49.0 Å². The molecular weight excluding hydrogens is 470 g/mol. The Kier molecular flexibility index (Phi) is 6.86. The Morgan fingerprint density at radius 3 is 2.65 bits per heavy atom. The molecule has 0 unspecified atom stereocenters. The molecule has 0 spiro atoms. The lowest BCUT2D eigenvalue weighted by Gasteiger charge is -2.33. The van der Waals surface area contributed by atoms with Gasteiger partial charge in [-0.3, -0.25) is 14.8 Å². The predicted octanol–water partition coefficient (Wildman–Crippen LogP) is 3.11. The van der Waals surface area contributed by atoms with E-state index in [1.54, 1.807) is 37.8 Å². The molecule has 4 aromatic rings. The zero-order chi connectivity index (χ0) is 25.8. The zero-order valence-corrected chi connectivity index (χ0v) is 20.7. The van der Waals surface area contributed by atoms with Gasteiger partial charge in [-0.25, -0.2) is 9.97 Å². The summed E-state index contributed by atoms with van der Waals surface area (Å²) >= 11 is 0. The molecule has 0 radical (unpaired) electrons. The molecule has 188 valence electrons. The van der Waals surface area contributed by atoms with Crippen molar-refractivity contribution in [1.29, 1.82) is 0 Å². The van der Waals surface area contributed by atoms with Gasteiger partial charge in [0.25, 0.3) is 0 Å². The van der Waals surface area contributed by atoms with E-state index in [1.807, 2.05) is 18.2 Å². The first-order chi connectivity index (χ1) is 18.0. The van der Waals surface area contributed by atoms with Crippen molar-refractivity contribution in [3.63, 3.8) is 0 Å². The van der Waals surface area contributed by atoms with E-state index in [-0.39, 0.29) is 5.91 Å². The number of piperazine rings is 1. The second-order valence-corrected chi connectivity index (χ2v) is 8.55. The Morgan fingerprint density at radius 1 is 1.05 bits per heavy atom. The average Bonchev–Trinajstić information content (AvgIpc) is 2.93. The topological polar surface area (TPSA) is 121 Å². The summed E-state index contributed by atoms with van der Waals surface area (Å²) in [5.74, 6) is 1.40. The number of hydrogen-bond donors (Lipinski definition) is 2. The number of nitrogens with one attached hydrogen (secondary N) is 2. The molecule has 11 heteroatoms. The fraction of sp³-hybridized carbons (Fsp3) is 0.231. The fourth-order valence-corrected chi connectivity index (χ4v) is 4.07. The van der Waals surface area contributed by atoms with Crippen molar-refractivity contribution in [2.24, 2.45) is 0 Å². The van der Waals surface area contributed by atoms with Crippen LogP contribution >= 0.6 is 0 Å². The van der Waals surface area contributed by atoms with E-state index in [1.165, 1.54) is 6.08 Å². The predicted molar refractivity (Wildman–Crippen MR) is 143 cm³/mol. The van der Waals surface area contributed by atoms with Crippen LogP contribution in [0.15, 0.2) is 61.6 Å². The third-order valence-corrected chi connectivity index (χ3v) is 6.08. The number of hydrogen-bond acceptors (Lipinski definition) is 10. The maximum atomic E-state index is 11.7. The number of anilines is 4. The Bertz CT molecular complexity index is 1450. The van der Waals surface area contributed by atoms with Crippen molar-refractivity contribution in [2.75, 3.05) is 55.9 Å². The molecule has 4 aromatic heterocycles. The number of likely N-dealkylation sites (N-methyl/N-ethyl adjacent to an activating group) is 1. The molecule has 1 aliphatic heterocycles. The molecule has 2 N–H and O–H groups in total. The fourth-order valence-electron chi connectivity index (χ4n) is 4.07. The van der Waals surface area contributed by atoms with Crippen molar-refractivity contribution in [1.82, 2.24) is 29.8 Å². The van der Waals surface area contributed by atoms with Gasteiger partial charge in [-0.2, -0.15) is 4.98 Å². The van der Waals surface area contributed by atoms with Gasteiger partial charge in [0, 0.05) is 49.8 Å². The lowest BCUT2D eigenvalue weighted by atomic mass is 10.1. The lowest BCUT2D eigenvalue weighted by Crippen LogP contribution is -2.44. The zero-order valence-electron chi connectivity index (χ0n) is 20.7. The van der Waals surface area contributed by atoms with Crippen molar-refractivity contribution < 1.29 is 9.53 Å². The van der Waals surface area contributed by atoms with Crippen LogP contribution in [0.2, 0.25) is 0 Å². The first-order valence-corrected chi connectivity index (χ1v) is 11.8. The maximum Gasteiger partial charge on any atom is 0.247 e. The first kappa shape index (κ1) is 24.1. The maximum absolute atomic E-state index is 11.7. The smallest absolute Gasteiger partial charge is 0.247 e. The summed E-state index contributed by atoms with van der Waals surface area (Å²) in [7, 11) is 3.71. The molecular formula is C26H27N9O2. The van der Waals surface area contributed by atoms with Crippen LogP contribution in [-0.4, -0.2) is 76.1 Å². The van der Waals surface area contributed by atoms with Gasteiger partial charge in [-0.1, -0.05) is 6.58 Å². The van der Waals surface area contributed by atoms with E-state index < -0.39 is 0 Å². The quantitative estimate of drug-likeness (QED) is 0.368. The van der Waals surface area contributed by atoms with Gasteiger partial charge in [0.15, 0.2) is 0 Å². The molecule has 5 heterocycles. The number of carbonyl (C=O) groups excluding carboxylic acids is 1. The molecule has 1 amide bonds. The Balaban J connectivity index is 1.44. The number of pyridine rings is 3. The highest BCUT2D eigenvalue weighted by atomic mass is 16.5. The van der Waals surface area contributed by atoms with Gasteiger partial charge in [-0.05, 0) is 43.5 Å². The summed E-state index contributed by atoms with van der Waals surface area (Å²) < 4.78 is 5.57. The largest absolute Gasteiger partial charge is 0.479 e. The Hall–Kier alpha value is -4.64. The third kappa shape index (κ3) is 5.31. The molecule has 0 aliphatic carbocycles. The molecule has 0 atom stereocenters. The van der Waals surface area contributed by atoms with Crippen molar-refractivity contribution >= 4 is 40.1 Å². The van der Waals surface area contributed by atoms with Crippen LogP contribution in [0.4, 0.5) is 23.1 Å². The minimum atomic E-state index is -0.299. The van der Waals surface area contributed by atoms with Crippen molar-refractivity contribution in [3.05, 3.63) is 61.6 Å². The molecule has 11 nitrogen and oxygen atoms in total. The molecule has 37 heavy (non-hydrogen) atoms. The minimum absolute atomic E-state index is 0.299. The number of aromatic nitrogens is 5. The molecule has 0 bridgehead atoms. The van der Waals surface area contributed by atoms with Crippen LogP contribution in [0.1, 0.15) is 0 Å². The molecule has 0 saturated carbocycles. The highest BCUT2D eigenvalue weighted by Gasteiger charge is 2.18. The standard InChI is InChI=1S/C26H27N9O2/c1-4-23(36)30-17-7-9-27-20(15-17)18-8-10-28-21-16-29-26(33-24(18)21)31-19-5-6-22(32-25(19)37-3)35-13-11-34(2)12-14-35/h4-10,15-16H,1,11-14H2,2-3H3,(H,27,30,36)(H,29,31,33). The van der Waals surface area contributed by atoms with Crippen molar-refractivity contribution in [2.45, 2.75) is 0 Å². The van der Waals surface area contributed by atoms with Gasteiger partial charge in [0.1, 0.15) is 22.5 Å². The van der Waals surface area contributed by atoms with Gasteiger partial charge < -0.3 is 25.2 Å². The number of rotatable bonds is 7. The van der Waals surface area contributed by atoms with Gasteiger partial charge in [0.05, 0.1) is 19.0 Å². The highest BCUT2D eigenvalue weighted by molar-refractivity contribution is 5.99. The monoisotopic (exact) mass is 497 g/mol. The van der Waals surface area contributed by atoms with Crippen molar-refractivity contribution in [3.8, 4) is 17.1 Å². The van der Waals surface area contributed by atoms with Gasteiger partial charge in [0.2, 0.25) is 17.7 Å². The summed E-state index contributed by atoms with van der Waals surface area (Å²) in [6.45, 7) is 7.29. The van der Waals surface area contributed by atoms with E-state index >= 15 is 0 Å². The molecule has 1 aliphatic rings. The van der Waals surface area contributed by atoms with E-state index in [4.69, 9.17) is 14.7 Å². The SMILES string of the molecule is C=CC(=O)Nc1ccnc(-c2ccnc3cnc(Nc4ccc(N5CCN(C)CC5)nc4OC)nc23)c1. The molecule has 1 saturated heterocycles. The summed E-state index contributed by atoms with van der Waals surface area (Å²) in [5.41, 5.74) is 3.86. The Morgan fingerprint density at radius 2 is 1.86 bits per heavy atom. The van der Waals surface area contributed by atoms with Crippen LogP contribution < -0.4 is 20.3 Å². The summed E-state index contributed by atoms with van der Waals surface area (Å²) in [5, 5.41) is 5.98. The van der Waals surface area contributed by atoms with Gasteiger partial charge in [-0.15, -0.1) is 0 Å². The minimum Gasteiger partial charge on any atom is -0.479 e. The summed E-state index contributed by atoms with van der Waals surface area (Å²) in [4.78, 5) is 39.0. The summed E-state index contributed by atoms with van der Waals surface area (Å²) in [6, 6.07) is 9.20. The number of carbonyl (C=O) groups is 1. The number of methoxy groups -OCH3 is 1. The van der Waals surface area contributed by atoms with Crippen LogP contribution in [0.25, 0.3) is 22.3 Å².